The first-order valence-corrected chi connectivity index (χ1v) is 9.16. The summed E-state index contributed by atoms with van der Waals surface area (Å²) in [6, 6.07) is 16.5. The van der Waals surface area contributed by atoms with E-state index in [9.17, 15) is 10.1 Å². The van der Waals surface area contributed by atoms with Crippen molar-refractivity contribution in [2.75, 3.05) is 11.9 Å². The number of hydrogen-bond acceptors (Lipinski definition) is 7. The lowest BCUT2D eigenvalue weighted by Crippen LogP contribution is -1.96. The number of nitro groups is 1. The third kappa shape index (κ3) is 3.22. The van der Waals surface area contributed by atoms with Crippen LogP contribution in [-0.2, 0) is 0 Å². The Hall–Kier alpha value is -3.39. The third-order valence-electron chi connectivity index (χ3n) is 4.16. The van der Waals surface area contributed by atoms with Gasteiger partial charge >= 0.3 is 0 Å². The number of nitrogens with zero attached hydrogens (tertiary/aromatic N) is 4. The number of aromatic nitrogens is 1. The van der Waals surface area contributed by atoms with Crippen LogP contribution in [0, 0.1) is 10.1 Å². The number of nitrogens with one attached hydrogen (secondary N) is 1. The minimum atomic E-state index is -0.425. The second kappa shape index (κ2) is 7.08. The lowest BCUT2D eigenvalue weighted by atomic mass is 10.1. The molecule has 0 spiro atoms. The molecule has 1 aromatic heterocycles. The average molecular weight is 377 g/mol. The molecule has 0 aliphatic carbocycles. The van der Waals surface area contributed by atoms with Gasteiger partial charge in [-0.2, -0.15) is 4.37 Å². The molecule has 0 aliphatic heterocycles. The van der Waals surface area contributed by atoms with Crippen LogP contribution in [0.25, 0.3) is 21.7 Å². The zero-order valence-corrected chi connectivity index (χ0v) is 15.2. The van der Waals surface area contributed by atoms with Gasteiger partial charge in [0, 0.05) is 29.4 Å². The van der Waals surface area contributed by atoms with Crippen molar-refractivity contribution in [3.8, 4) is 0 Å². The van der Waals surface area contributed by atoms with Crippen LogP contribution < -0.4 is 5.32 Å². The number of benzene rings is 3. The first-order chi connectivity index (χ1) is 13.2. The molecule has 4 aromatic rings. The van der Waals surface area contributed by atoms with Gasteiger partial charge in [-0.3, -0.25) is 10.1 Å². The first-order valence-electron chi connectivity index (χ1n) is 8.38. The fraction of sp³-hybridized carbons (Fsp3) is 0.105. The summed E-state index contributed by atoms with van der Waals surface area (Å²) in [5.41, 5.74) is 2.31. The summed E-state index contributed by atoms with van der Waals surface area (Å²) in [6.07, 6.45) is 0. The highest BCUT2D eigenvalue weighted by atomic mass is 32.1. The first kappa shape index (κ1) is 17.0. The van der Waals surface area contributed by atoms with Gasteiger partial charge in [-0.15, -0.1) is 10.2 Å². The monoisotopic (exact) mass is 377 g/mol. The van der Waals surface area contributed by atoms with Crippen LogP contribution >= 0.6 is 11.5 Å². The fourth-order valence-electron chi connectivity index (χ4n) is 2.89. The van der Waals surface area contributed by atoms with Crippen molar-refractivity contribution >= 4 is 55.3 Å². The molecule has 0 bridgehead atoms. The van der Waals surface area contributed by atoms with Crippen molar-refractivity contribution in [2.24, 2.45) is 10.2 Å². The van der Waals surface area contributed by atoms with Crippen LogP contribution in [0.3, 0.4) is 0 Å². The van der Waals surface area contributed by atoms with Crippen LogP contribution in [0.1, 0.15) is 6.92 Å². The topological polar surface area (TPSA) is 92.8 Å². The van der Waals surface area contributed by atoms with E-state index in [1.165, 1.54) is 23.7 Å². The Morgan fingerprint density at radius 2 is 1.96 bits per heavy atom. The Morgan fingerprint density at radius 1 is 1.11 bits per heavy atom. The number of fused-ring (bicyclic) bond motifs is 2. The molecule has 134 valence electrons. The molecule has 0 unspecified atom stereocenters. The number of nitro benzene ring substituents is 1. The number of non-ortho nitro benzene ring substituents is 1. The summed E-state index contributed by atoms with van der Waals surface area (Å²) >= 11 is 1.17. The summed E-state index contributed by atoms with van der Waals surface area (Å²) in [4.78, 5) is 10.6. The zero-order valence-electron chi connectivity index (χ0n) is 14.4. The maximum atomic E-state index is 11.0. The highest BCUT2D eigenvalue weighted by Gasteiger charge is 2.13. The van der Waals surface area contributed by atoms with Crippen molar-refractivity contribution in [2.45, 2.75) is 6.92 Å². The Labute approximate surface area is 158 Å². The molecule has 0 radical (unpaired) electrons. The van der Waals surface area contributed by atoms with Crippen molar-refractivity contribution < 1.29 is 4.92 Å². The highest BCUT2D eigenvalue weighted by molar-refractivity contribution is 7.11. The van der Waals surface area contributed by atoms with E-state index in [0.29, 0.717) is 15.9 Å². The molecule has 1 N–H and O–H groups in total. The number of azo groups is 1. The van der Waals surface area contributed by atoms with Gasteiger partial charge in [-0.05, 0) is 36.0 Å². The minimum absolute atomic E-state index is 0.0117. The smallest absolute Gasteiger partial charge is 0.270 e. The normalized spacial score (nSPS) is 11.4. The van der Waals surface area contributed by atoms with Crippen LogP contribution in [0.5, 0.6) is 0 Å². The molecule has 0 fully saturated rings. The van der Waals surface area contributed by atoms with Gasteiger partial charge in [0.1, 0.15) is 5.69 Å². The zero-order chi connectivity index (χ0) is 18.8. The molecule has 0 atom stereocenters. The second-order valence-corrected chi connectivity index (χ2v) is 6.61. The van der Waals surface area contributed by atoms with Crippen LogP contribution in [0.2, 0.25) is 0 Å². The molecule has 7 nitrogen and oxygen atoms in total. The van der Waals surface area contributed by atoms with Crippen molar-refractivity contribution in [1.82, 2.24) is 4.37 Å². The molecule has 3 aromatic carbocycles. The fourth-order valence-corrected chi connectivity index (χ4v) is 3.58. The second-order valence-electron chi connectivity index (χ2n) is 5.86. The van der Waals surface area contributed by atoms with Gasteiger partial charge in [0.15, 0.2) is 5.00 Å². The van der Waals surface area contributed by atoms with Crippen molar-refractivity contribution in [3.05, 3.63) is 64.7 Å². The third-order valence-corrected chi connectivity index (χ3v) is 4.92. The molecule has 1 heterocycles. The van der Waals surface area contributed by atoms with E-state index in [0.717, 1.165) is 28.7 Å². The van der Waals surface area contributed by atoms with Gasteiger partial charge in [0.2, 0.25) is 0 Å². The van der Waals surface area contributed by atoms with E-state index < -0.39 is 4.92 Å². The Bertz CT molecular complexity index is 1190. The number of anilines is 1. The summed E-state index contributed by atoms with van der Waals surface area (Å²) in [7, 11) is 0. The Kier molecular flexibility index (Phi) is 4.47. The van der Waals surface area contributed by atoms with E-state index in [1.807, 2.05) is 43.3 Å². The quantitative estimate of drug-likeness (QED) is 0.254. The summed E-state index contributed by atoms with van der Waals surface area (Å²) in [5, 5.41) is 26.4. The lowest BCUT2D eigenvalue weighted by molar-refractivity contribution is -0.384. The van der Waals surface area contributed by atoms with Crippen molar-refractivity contribution in [1.29, 1.82) is 0 Å². The molecule has 8 heteroatoms. The maximum absolute atomic E-state index is 11.0. The van der Waals surface area contributed by atoms with Gasteiger partial charge in [-0.1, -0.05) is 30.3 Å². The van der Waals surface area contributed by atoms with Gasteiger partial charge in [-0.25, -0.2) is 0 Å². The van der Waals surface area contributed by atoms with Crippen LogP contribution in [0.15, 0.2) is 64.8 Å². The van der Waals surface area contributed by atoms with Crippen LogP contribution in [-0.4, -0.2) is 15.8 Å². The van der Waals surface area contributed by atoms with Gasteiger partial charge in [0.05, 0.1) is 16.1 Å². The Morgan fingerprint density at radius 3 is 2.78 bits per heavy atom. The van der Waals surface area contributed by atoms with E-state index in [1.54, 1.807) is 6.07 Å². The largest absolute Gasteiger partial charge is 0.384 e. The molecular formula is C19H15N5O2S. The van der Waals surface area contributed by atoms with E-state index in [2.05, 4.69) is 19.9 Å². The van der Waals surface area contributed by atoms with E-state index in [4.69, 9.17) is 0 Å². The average Bonchev–Trinajstić information content (AvgIpc) is 3.09. The summed E-state index contributed by atoms with van der Waals surface area (Å²) < 4.78 is 4.30. The van der Waals surface area contributed by atoms with E-state index in [-0.39, 0.29) is 5.69 Å². The molecule has 0 amide bonds. The van der Waals surface area contributed by atoms with Gasteiger partial charge < -0.3 is 5.32 Å². The predicted molar refractivity (Wildman–Crippen MR) is 109 cm³/mol. The SMILES string of the molecule is CCNc1ccc2ccccc2c1N=Nc1snc2ccc([N+](=O)[O-])cc12. The number of hydrogen-bond donors (Lipinski definition) is 1. The molecule has 27 heavy (non-hydrogen) atoms. The number of rotatable bonds is 5. The van der Waals surface area contributed by atoms with E-state index >= 15 is 0 Å². The van der Waals surface area contributed by atoms with Gasteiger partial charge in [0.25, 0.3) is 5.69 Å². The molecular weight excluding hydrogens is 362 g/mol. The predicted octanol–water partition coefficient (Wildman–Crippen LogP) is 6.20. The Balaban J connectivity index is 1.83. The molecule has 4 rings (SSSR count). The van der Waals surface area contributed by atoms with Crippen LogP contribution in [0.4, 0.5) is 22.1 Å². The molecule has 0 aliphatic rings. The summed E-state index contributed by atoms with van der Waals surface area (Å²) in [6.45, 7) is 2.78. The minimum Gasteiger partial charge on any atom is -0.384 e. The highest BCUT2D eigenvalue weighted by Crippen LogP contribution is 2.38. The lowest BCUT2D eigenvalue weighted by Gasteiger charge is -2.09. The molecule has 0 saturated carbocycles. The van der Waals surface area contributed by atoms with Crippen molar-refractivity contribution in [3.63, 3.8) is 0 Å². The standard InChI is InChI=1S/C19H15N5O2S/c1-2-20-17-9-7-12-5-3-4-6-14(12)18(17)21-22-19-15-11-13(24(25)26)8-10-16(15)23-27-19/h3-11,20H,2H2,1H3. The maximum Gasteiger partial charge on any atom is 0.270 e. The molecule has 0 saturated heterocycles. The summed E-state index contributed by atoms with van der Waals surface area (Å²) in [5.74, 6) is 0.